The van der Waals surface area contributed by atoms with E-state index in [1.165, 1.54) is 21.9 Å². The van der Waals surface area contributed by atoms with Crippen LogP contribution in [-0.4, -0.2) is 23.5 Å². The van der Waals surface area contributed by atoms with Gasteiger partial charge in [0.25, 0.3) is 0 Å². The van der Waals surface area contributed by atoms with Gasteiger partial charge in [-0.15, -0.1) is 0 Å². The molecule has 5 rings (SSSR count). The maximum Gasteiger partial charge on any atom is 0.509 e. The van der Waals surface area contributed by atoms with Crippen LogP contribution in [-0.2, 0) is 9.47 Å². The van der Waals surface area contributed by atoms with Crippen LogP contribution in [0.5, 0.6) is 0 Å². The van der Waals surface area contributed by atoms with Crippen molar-refractivity contribution < 1.29 is 19.4 Å². The molecule has 0 amide bonds. The standard InChI is InChI=1S/C21H17BrO4/c1-9-11-5-3-4-6-12(11)10(2)15-13(9)7-8-14-16(15)17(22)19-20(18(14)23)26-21(24)25-19/h3-8,17-20,23H,1-2H3/t17-,18+,19+,20-/m1/s1. The van der Waals surface area contributed by atoms with Crippen LogP contribution in [0.25, 0.3) is 21.5 Å². The number of hydrogen-bond donors (Lipinski definition) is 1. The number of hydrogen-bond acceptors (Lipinski definition) is 4. The number of benzene rings is 3. The summed E-state index contributed by atoms with van der Waals surface area (Å²) in [4.78, 5) is 11.4. The number of aryl methyl sites for hydroxylation is 2. The molecule has 0 spiro atoms. The number of aliphatic hydroxyl groups is 1. The Balaban J connectivity index is 1.90. The number of carbonyl (C=O) groups excluding carboxylic acids is 1. The molecule has 0 radical (unpaired) electrons. The molecule has 4 nitrogen and oxygen atoms in total. The molecule has 26 heavy (non-hydrogen) atoms. The molecule has 3 aromatic rings. The molecule has 1 aliphatic carbocycles. The van der Waals surface area contributed by atoms with Gasteiger partial charge in [0.15, 0.2) is 12.2 Å². The van der Waals surface area contributed by atoms with Gasteiger partial charge in [-0.1, -0.05) is 52.3 Å². The molecule has 0 bridgehead atoms. The smallest absolute Gasteiger partial charge is 0.425 e. The van der Waals surface area contributed by atoms with Crippen molar-refractivity contribution in [3.05, 3.63) is 58.7 Å². The van der Waals surface area contributed by atoms with E-state index < -0.39 is 24.5 Å². The van der Waals surface area contributed by atoms with E-state index in [1.807, 2.05) is 12.1 Å². The van der Waals surface area contributed by atoms with Crippen LogP contribution < -0.4 is 0 Å². The van der Waals surface area contributed by atoms with E-state index in [2.05, 4.69) is 54.0 Å². The Labute approximate surface area is 158 Å². The normalized spacial score (nSPS) is 27.2. The SMILES string of the molecule is Cc1c2ccccc2c(C)c2c3c(ccc12)[C@H](O)[C@H]1OC(=O)O[C@H]1[C@@H]3Br. The summed E-state index contributed by atoms with van der Waals surface area (Å²) < 4.78 is 10.5. The lowest BCUT2D eigenvalue weighted by atomic mass is 9.80. The fourth-order valence-electron chi connectivity index (χ4n) is 4.52. The van der Waals surface area contributed by atoms with Crippen molar-refractivity contribution in [3.8, 4) is 0 Å². The lowest BCUT2D eigenvalue weighted by Gasteiger charge is -2.34. The highest BCUT2D eigenvalue weighted by Gasteiger charge is 2.51. The van der Waals surface area contributed by atoms with Crippen molar-refractivity contribution >= 4 is 43.6 Å². The van der Waals surface area contributed by atoms with Gasteiger partial charge in [-0.25, -0.2) is 4.79 Å². The third-order valence-electron chi connectivity index (χ3n) is 5.78. The molecule has 5 heteroatoms. The maximum absolute atomic E-state index is 11.6. The van der Waals surface area contributed by atoms with Gasteiger partial charge < -0.3 is 14.6 Å². The molecule has 1 heterocycles. The van der Waals surface area contributed by atoms with E-state index in [1.54, 1.807) is 0 Å². The first-order valence-corrected chi connectivity index (χ1v) is 9.54. The monoisotopic (exact) mass is 412 g/mol. The molecule has 1 N–H and O–H groups in total. The molecule has 1 aliphatic heterocycles. The Bertz CT molecular complexity index is 1090. The average molecular weight is 413 g/mol. The van der Waals surface area contributed by atoms with Gasteiger partial charge in [-0.3, -0.25) is 0 Å². The molecule has 0 unspecified atom stereocenters. The number of rotatable bonds is 0. The molecular weight excluding hydrogens is 396 g/mol. The molecule has 3 aromatic carbocycles. The Kier molecular flexibility index (Phi) is 3.37. The zero-order chi connectivity index (χ0) is 18.2. The topological polar surface area (TPSA) is 55.8 Å². The quantitative estimate of drug-likeness (QED) is 0.320. The maximum atomic E-state index is 11.6. The van der Waals surface area contributed by atoms with Crippen LogP contribution in [0.3, 0.4) is 0 Å². The highest BCUT2D eigenvalue weighted by atomic mass is 79.9. The highest BCUT2D eigenvalue weighted by Crippen LogP contribution is 2.50. The van der Waals surface area contributed by atoms with Crippen LogP contribution in [0.1, 0.15) is 33.2 Å². The zero-order valence-corrected chi connectivity index (χ0v) is 15.9. The fraction of sp³-hybridized carbons (Fsp3) is 0.286. The van der Waals surface area contributed by atoms with Crippen molar-refractivity contribution in [2.24, 2.45) is 0 Å². The second kappa shape index (κ2) is 5.44. The van der Waals surface area contributed by atoms with Gasteiger partial charge in [-0.2, -0.15) is 0 Å². The summed E-state index contributed by atoms with van der Waals surface area (Å²) >= 11 is 3.72. The Morgan fingerprint density at radius 3 is 2.31 bits per heavy atom. The van der Waals surface area contributed by atoms with E-state index in [0.717, 1.165) is 21.9 Å². The third kappa shape index (κ3) is 1.96. The Hall–Kier alpha value is -2.11. The number of carbonyl (C=O) groups is 1. The second-order valence-corrected chi connectivity index (χ2v) is 8.03. The van der Waals surface area contributed by atoms with Crippen LogP contribution in [0.2, 0.25) is 0 Å². The largest absolute Gasteiger partial charge is 0.509 e. The zero-order valence-electron chi connectivity index (χ0n) is 14.3. The van der Waals surface area contributed by atoms with Gasteiger partial charge in [-0.05, 0) is 57.6 Å². The van der Waals surface area contributed by atoms with Gasteiger partial charge in [0.05, 0.1) is 4.83 Å². The van der Waals surface area contributed by atoms with Crippen LogP contribution in [0.15, 0.2) is 36.4 Å². The summed E-state index contributed by atoms with van der Waals surface area (Å²) in [6.07, 6.45) is -2.84. The Morgan fingerprint density at radius 2 is 1.58 bits per heavy atom. The molecule has 2 aliphatic rings. The molecule has 132 valence electrons. The highest BCUT2D eigenvalue weighted by molar-refractivity contribution is 9.09. The minimum atomic E-state index is -0.897. The predicted octanol–water partition coefficient (Wildman–Crippen LogP) is 5.00. The summed E-state index contributed by atoms with van der Waals surface area (Å²) in [7, 11) is 0. The average Bonchev–Trinajstić information content (AvgIpc) is 3.05. The molecule has 1 fully saturated rings. The van der Waals surface area contributed by atoms with E-state index in [4.69, 9.17) is 9.47 Å². The number of fused-ring (bicyclic) bond motifs is 5. The number of alkyl halides is 1. The van der Waals surface area contributed by atoms with E-state index in [0.29, 0.717) is 0 Å². The lowest BCUT2D eigenvalue weighted by molar-refractivity contribution is 0.00367. The first kappa shape index (κ1) is 16.1. The molecule has 0 saturated carbocycles. The second-order valence-electron chi connectivity index (χ2n) is 7.05. The molecular formula is C21H17BrO4. The molecule has 4 atom stereocenters. The third-order valence-corrected chi connectivity index (χ3v) is 6.75. The first-order valence-electron chi connectivity index (χ1n) is 8.63. The number of aliphatic hydroxyl groups excluding tert-OH is 1. The Morgan fingerprint density at radius 1 is 0.923 bits per heavy atom. The van der Waals surface area contributed by atoms with Crippen molar-refractivity contribution in [2.75, 3.05) is 0 Å². The van der Waals surface area contributed by atoms with E-state index in [-0.39, 0.29) is 4.83 Å². The minimum Gasteiger partial charge on any atom is -0.425 e. The predicted molar refractivity (Wildman–Crippen MR) is 103 cm³/mol. The van der Waals surface area contributed by atoms with Gasteiger partial charge >= 0.3 is 6.16 Å². The summed E-state index contributed by atoms with van der Waals surface area (Å²) in [5, 5.41) is 15.5. The van der Waals surface area contributed by atoms with Crippen LogP contribution in [0, 0.1) is 13.8 Å². The lowest BCUT2D eigenvalue weighted by Crippen LogP contribution is -2.37. The minimum absolute atomic E-state index is 0.236. The summed E-state index contributed by atoms with van der Waals surface area (Å²) in [6, 6.07) is 12.4. The van der Waals surface area contributed by atoms with Crippen LogP contribution >= 0.6 is 15.9 Å². The van der Waals surface area contributed by atoms with Gasteiger partial charge in [0, 0.05) is 0 Å². The van der Waals surface area contributed by atoms with Crippen molar-refractivity contribution in [3.63, 3.8) is 0 Å². The molecule has 1 saturated heterocycles. The van der Waals surface area contributed by atoms with E-state index in [9.17, 15) is 9.90 Å². The first-order chi connectivity index (χ1) is 12.5. The molecule has 0 aromatic heterocycles. The van der Waals surface area contributed by atoms with Gasteiger partial charge in [0.2, 0.25) is 0 Å². The number of ether oxygens (including phenoxy) is 2. The van der Waals surface area contributed by atoms with Crippen LogP contribution in [0.4, 0.5) is 4.79 Å². The van der Waals surface area contributed by atoms with Gasteiger partial charge in [0.1, 0.15) is 6.10 Å². The number of halogens is 1. The van der Waals surface area contributed by atoms with Crippen molar-refractivity contribution in [1.29, 1.82) is 0 Å². The van der Waals surface area contributed by atoms with Crippen molar-refractivity contribution in [1.82, 2.24) is 0 Å². The summed E-state index contributed by atoms with van der Waals surface area (Å²) in [5.74, 6) is 0. The van der Waals surface area contributed by atoms with E-state index >= 15 is 0 Å². The fourth-order valence-corrected chi connectivity index (χ4v) is 5.42. The summed E-state index contributed by atoms with van der Waals surface area (Å²) in [6.45, 7) is 4.24. The summed E-state index contributed by atoms with van der Waals surface area (Å²) in [5.41, 5.74) is 4.15. The van der Waals surface area contributed by atoms with Crippen molar-refractivity contribution in [2.45, 2.75) is 37.0 Å².